The van der Waals surface area contributed by atoms with Crippen molar-refractivity contribution in [3.8, 4) is 0 Å². The average Bonchev–Trinajstić information content (AvgIpc) is 2.39. The maximum Gasteiger partial charge on any atom is 0.287 e. The lowest BCUT2D eigenvalue weighted by Crippen LogP contribution is -2.05. The van der Waals surface area contributed by atoms with E-state index in [4.69, 9.17) is 0 Å². The Hall–Kier alpha value is -2.50. The van der Waals surface area contributed by atoms with Crippen LogP contribution in [0, 0.1) is 24.0 Å². The van der Waals surface area contributed by atoms with Gasteiger partial charge < -0.3 is 5.32 Å². The van der Waals surface area contributed by atoms with Crippen LogP contribution in [0.15, 0.2) is 30.7 Å². The molecule has 6 heteroatoms. The van der Waals surface area contributed by atoms with E-state index in [1.54, 1.807) is 19.3 Å². The molecule has 0 aliphatic heterocycles. The van der Waals surface area contributed by atoms with E-state index in [9.17, 15) is 10.1 Å². The second-order valence-electron chi connectivity index (χ2n) is 4.27. The highest BCUT2D eigenvalue weighted by Gasteiger charge is 2.09. The second kappa shape index (κ2) is 5.43. The zero-order chi connectivity index (χ0) is 13.8. The molecule has 98 valence electrons. The number of anilines is 1. The van der Waals surface area contributed by atoms with Crippen LogP contribution < -0.4 is 5.32 Å². The summed E-state index contributed by atoms with van der Waals surface area (Å²) in [5, 5.41) is 13.8. The molecule has 2 aromatic heterocycles. The number of nitrogens with one attached hydrogen (secondary N) is 1. The maximum atomic E-state index is 10.6. The van der Waals surface area contributed by atoms with Gasteiger partial charge in [-0.05, 0) is 36.6 Å². The number of aromatic nitrogens is 2. The van der Waals surface area contributed by atoms with Crippen molar-refractivity contribution < 1.29 is 4.92 Å². The van der Waals surface area contributed by atoms with Crippen LogP contribution in [0.3, 0.4) is 0 Å². The summed E-state index contributed by atoms with van der Waals surface area (Å²) in [6.45, 7) is 4.39. The Bertz CT molecular complexity index is 613. The van der Waals surface area contributed by atoms with Crippen LogP contribution in [-0.4, -0.2) is 14.9 Å². The fraction of sp³-hybridized carbons (Fsp3) is 0.231. The number of nitrogens with zero attached hydrogens (tertiary/aromatic N) is 3. The number of nitro groups is 1. The van der Waals surface area contributed by atoms with Crippen LogP contribution in [0.1, 0.15) is 16.7 Å². The van der Waals surface area contributed by atoms with E-state index >= 15 is 0 Å². The maximum absolute atomic E-state index is 10.6. The fourth-order valence-corrected chi connectivity index (χ4v) is 1.72. The van der Waals surface area contributed by atoms with Gasteiger partial charge in [-0.3, -0.25) is 15.1 Å². The predicted octanol–water partition coefficient (Wildman–Crippen LogP) is 2.61. The third-order valence-electron chi connectivity index (χ3n) is 2.86. The van der Waals surface area contributed by atoms with E-state index in [2.05, 4.69) is 15.3 Å². The van der Waals surface area contributed by atoms with Gasteiger partial charge in [-0.25, -0.2) is 4.98 Å². The standard InChI is InChI=1S/C13H14N4O2/c1-9-5-12(17(18)19)8-16-13(9)15-7-11-3-4-14-6-10(11)2/h3-6,8H,7H2,1-2H3,(H,15,16). The monoisotopic (exact) mass is 258 g/mol. The predicted molar refractivity (Wildman–Crippen MR) is 71.9 cm³/mol. The number of hydrogen-bond donors (Lipinski definition) is 1. The lowest BCUT2D eigenvalue weighted by atomic mass is 10.1. The summed E-state index contributed by atoms with van der Waals surface area (Å²) in [6, 6.07) is 3.44. The zero-order valence-electron chi connectivity index (χ0n) is 10.8. The number of pyridine rings is 2. The first-order chi connectivity index (χ1) is 9.08. The van der Waals surface area contributed by atoms with E-state index in [1.807, 2.05) is 13.0 Å². The molecule has 0 bridgehead atoms. The number of rotatable bonds is 4. The van der Waals surface area contributed by atoms with Gasteiger partial charge in [0.25, 0.3) is 5.69 Å². The van der Waals surface area contributed by atoms with Gasteiger partial charge in [0.2, 0.25) is 0 Å². The summed E-state index contributed by atoms with van der Waals surface area (Å²) in [7, 11) is 0. The van der Waals surface area contributed by atoms with E-state index in [-0.39, 0.29) is 5.69 Å². The molecule has 2 rings (SSSR count). The molecule has 0 aliphatic carbocycles. The Morgan fingerprint density at radius 3 is 2.74 bits per heavy atom. The molecule has 2 heterocycles. The summed E-state index contributed by atoms with van der Waals surface area (Å²) in [4.78, 5) is 18.3. The number of aryl methyl sites for hydroxylation is 2. The highest BCUT2D eigenvalue weighted by atomic mass is 16.6. The van der Waals surface area contributed by atoms with Crippen molar-refractivity contribution in [3.63, 3.8) is 0 Å². The lowest BCUT2D eigenvalue weighted by Gasteiger charge is -2.09. The van der Waals surface area contributed by atoms with E-state index in [1.165, 1.54) is 12.3 Å². The molecular formula is C13H14N4O2. The molecule has 1 N–H and O–H groups in total. The minimum absolute atomic E-state index is 0.00291. The van der Waals surface area contributed by atoms with Gasteiger partial charge in [0.05, 0.1) is 4.92 Å². The topological polar surface area (TPSA) is 81.0 Å². The molecule has 6 nitrogen and oxygen atoms in total. The molecule has 0 atom stereocenters. The first-order valence-electron chi connectivity index (χ1n) is 5.82. The van der Waals surface area contributed by atoms with Gasteiger partial charge in [0, 0.05) is 25.0 Å². The third kappa shape index (κ3) is 3.04. The summed E-state index contributed by atoms with van der Waals surface area (Å²) < 4.78 is 0. The first-order valence-corrected chi connectivity index (χ1v) is 5.82. The van der Waals surface area contributed by atoms with Crippen molar-refractivity contribution in [1.82, 2.24) is 9.97 Å². The van der Waals surface area contributed by atoms with E-state index < -0.39 is 4.92 Å². The van der Waals surface area contributed by atoms with Gasteiger partial charge >= 0.3 is 0 Å². The Kier molecular flexibility index (Phi) is 3.70. The lowest BCUT2D eigenvalue weighted by molar-refractivity contribution is -0.385. The molecule has 0 radical (unpaired) electrons. The third-order valence-corrected chi connectivity index (χ3v) is 2.86. The van der Waals surface area contributed by atoms with Crippen molar-refractivity contribution in [3.05, 3.63) is 57.5 Å². The minimum atomic E-state index is -0.448. The SMILES string of the molecule is Cc1cnccc1CNc1ncc([N+](=O)[O-])cc1C. The smallest absolute Gasteiger partial charge is 0.287 e. The van der Waals surface area contributed by atoms with Crippen LogP contribution in [0.25, 0.3) is 0 Å². The van der Waals surface area contributed by atoms with Crippen molar-refractivity contribution in [2.45, 2.75) is 20.4 Å². The van der Waals surface area contributed by atoms with Crippen LogP contribution in [0.2, 0.25) is 0 Å². The first kappa shape index (κ1) is 12.9. The van der Waals surface area contributed by atoms with Crippen LogP contribution in [0.4, 0.5) is 11.5 Å². The molecule has 0 fully saturated rings. The van der Waals surface area contributed by atoms with Crippen LogP contribution in [-0.2, 0) is 6.54 Å². The Balaban J connectivity index is 2.12. The molecule has 0 saturated heterocycles. The van der Waals surface area contributed by atoms with Crippen molar-refractivity contribution >= 4 is 11.5 Å². The molecule has 0 amide bonds. The fourth-order valence-electron chi connectivity index (χ4n) is 1.72. The van der Waals surface area contributed by atoms with Crippen LogP contribution in [0.5, 0.6) is 0 Å². The molecule has 0 unspecified atom stereocenters. The Labute approximate surface area is 110 Å². The van der Waals surface area contributed by atoms with Crippen LogP contribution >= 0.6 is 0 Å². The molecule has 0 aromatic carbocycles. The summed E-state index contributed by atoms with van der Waals surface area (Å²) in [5.41, 5.74) is 2.97. The average molecular weight is 258 g/mol. The Morgan fingerprint density at radius 1 is 1.32 bits per heavy atom. The highest BCUT2D eigenvalue weighted by Crippen LogP contribution is 2.18. The van der Waals surface area contributed by atoms with Crippen molar-refractivity contribution in [2.75, 3.05) is 5.32 Å². The summed E-state index contributed by atoms with van der Waals surface area (Å²) in [5.74, 6) is 0.654. The normalized spacial score (nSPS) is 10.2. The molecule has 19 heavy (non-hydrogen) atoms. The molecule has 0 spiro atoms. The molecule has 0 aliphatic rings. The summed E-state index contributed by atoms with van der Waals surface area (Å²) >= 11 is 0. The van der Waals surface area contributed by atoms with Gasteiger partial charge in [-0.1, -0.05) is 0 Å². The largest absolute Gasteiger partial charge is 0.366 e. The molecule has 0 saturated carbocycles. The van der Waals surface area contributed by atoms with Gasteiger partial charge in [-0.15, -0.1) is 0 Å². The molecular weight excluding hydrogens is 244 g/mol. The second-order valence-corrected chi connectivity index (χ2v) is 4.27. The van der Waals surface area contributed by atoms with Crippen molar-refractivity contribution in [2.24, 2.45) is 0 Å². The Morgan fingerprint density at radius 2 is 2.11 bits per heavy atom. The zero-order valence-corrected chi connectivity index (χ0v) is 10.8. The molecule has 2 aromatic rings. The van der Waals surface area contributed by atoms with Gasteiger partial charge in [-0.2, -0.15) is 0 Å². The van der Waals surface area contributed by atoms with Crippen molar-refractivity contribution in [1.29, 1.82) is 0 Å². The van der Waals surface area contributed by atoms with Gasteiger partial charge in [0.1, 0.15) is 12.0 Å². The minimum Gasteiger partial charge on any atom is -0.366 e. The summed E-state index contributed by atoms with van der Waals surface area (Å²) in [6.07, 6.45) is 4.79. The highest BCUT2D eigenvalue weighted by molar-refractivity contribution is 5.48. The van der Waals surface area contributed by atoms with E-state index in [0.717, 1.165) is 16.7 Å². The number of hydrogen-bond acceptors (Lipinski definition) is 5. The van der Waals surface area contributed by atoms with Gasteiger partial charge in [0.15, 0.2) is 0 Å². The van der Waals surface area contributed by atoms with E-state index in [0.29, 0.717) is 12.4 Å². The quantitative estimate of drug-likeness (QED) is 0.673.